The van der Waals surface area contributed by atoms with E-state index in [9.17, 15) is 29.4 Å². The first kappa shape index (κ1) is 42.2. The Balaban J connectivity index is 0.000000268. The number of carbonyl (C=O) groups is 4. The molecular formula is C34H22Cl4CuN6O8. The van der Waals surface area contributed by atoms with Crippen molar-refractivity contribution in [2.75, 3.05) is 0 Å². The number of hydrogen-bond acceptors (Lipinski definition) is 10. The van der Waals surface area contributed by atoms with Gasteiger partial charge in [-0.1, -0.05) is 57.9 Å². The molecule has 6 rings (SSSR count). The van der Waals surface area contributed by atoms with Gasteiger partial charge in [0.2, 0.25) is 0 Å². The number of nitrogens with zero attached hydrogens (tertiary/aromatic N) is 4. The van der Waals surface area contributed by atoms with Gasteiger partial charge in [0.05, 0.1) is 46.0 Å². The first-order valence-corrected chi connectivity index (χ1v) is 15.8. The number of rotatable bonds is 8. The second kappa shape index (κ2) is 18.5. The molecular weight excluding hydrogens is 826 g/mol. The Kier molecular flexibility index (Phi) is 14.7. The van der Waals surface area contributed by atoms with Crippen molar-refractivity contribution in [3.63, 3.8) is 0 Å². The summed E-state index contributed by atoms with van der Waals surface area (Å²) in [6.45, 7) is 0. The van der Waals surface area contributed by atoms with Crippen LogP contribution in [0.3, 0.4) is 0 Å². The summed E-state index contributed by atoms with van der Waals surface area (Å²) < 4.78 is 2.80. The molecule has 0 spiro atoms. The number of benzene rings is 4. The van der Waals surface area contributed by atoms with Crippen LogP contribution in [0.1, 0.15) is 52.6 Å². The molecule has 0 aliphatic rings. The van der Waals surface area contributed by atoms with Gasteiger partial charge in [0, 0.05) is 43.6 Å². The van der Waals surface area contributed by atoms with E-state index in [1.54, 1.807) is 24.3 Å². The van der Waals surface area contributed by atoms with Gasteiger partial charge in [0.25, 0.3) is 0 Å². The summed E-state index contributed by atoms with van der Waals surface area (Å²) in [6, 6.07) is 17.0. The smallest absolute Gasteiger partial charge is 0.871 e. The van der Waals surface area contributed by atoms with Crippen LogP contribution in [0.5, 0.6) is 11.5 Å². The van der Waals surface area contributed by atoms with Crippen molar-refractivity contribution in [1.29, 1.82) is 0 Å². The minimum absolute atomic E-state index is 0. The van der Waals surface area contributed by atoms with E-state index in [2.05, 4.69) is 21.9 Å². The summed E-state index contributed by atoms with van der Waals surface area (Å²) in [6.07, 6.45) is 5.49. The average Bonchev–Trinajstić information content (AvgIpc) is 3.83. The molecule has 0 atom stereocenters. The maximum atomic E-state index is 12.5. The van der Waals surface area contributed by atoms with Crippen LogP contribution in [-0.2, 0) is 17.1 Å². The van der Waals surface area contributed by atoms with Crippen LogP contribution in [-0.4, -0.2) is 53.3 Å². The third-order valence-electron chi connectivity index (χ3n) is 6.95. The summed E-state index contributed by atoms with van der Waals surface area (Å²) in [5, 5.41) is 50.1. The fourth-order valence-electron chi connectivity index (χ4n) is 4.45. The first-order valence-electron chi connectivity index (χ1n) is 14.2. The number of carboxylic acid groups (broad SMARTS) is 2. The molecule has 6 aromatic rings. The van der Waals surface area contributed by atoms with E-state index in [0.717, 1.165) is 0 Å². The van der Waals surface area contributed by atoms with Crippen LogP contribution >= 0.6 is 46.4 Å². The minimum Gasteiger partial charge on any atom is -0.871 e. The third-order valence-corrected chi connectivity index (χ3v) is 7.95. The van der Waals surface area contributed by atoms with Crippen molar-refractivity contribution in [2.24, 2.45) is 11.7 Å². The molecule has 0 aliphatic carbocycles. The molecule has 53 heavy (non-hydrogen) atoms. The van der Waals surface area contributed by atoms with E-state index in [-0.39, 0.29) is 70.5 Å². The zero-order valence-corrected chi connectivity index (χ0v) is 30.3. The van der Waals surface area contributed by atoms with Crippen LogP contribution in [0.2, 0.25) is 20.1 Å². The van der Waals surface area contributed by atoms with Gasteiger partial charge in [-0.2, -0.15) is 10.2 Å². The van der Waals surface area contributed by atoms with Crippen molar-refractivity contribution in [3.05, 3.63) is 151 Å². The number of halogens is 4. The maximum Gasteiger partial charge on any atom is 2.00 e. The van der Waals surface area contributed by atoms with Crippen molar-refractivity contribution in [3.8, 4) is 22.9 Å². The monoisotopic (exact) mass is 845 g/mol. The predicted molar refractivity (Wildman–Crippen MR) is 188 cm³/mol. The van der Waals surface area contributed by atoms with E-state index in [4.69, 9.17) is 56.6 Å². The first-order chi connectivity index (χ1) is 24.7. The van der Waals surface area contributed by atoms with E-state index >= 15 is 0 Å². The SMILES string of the molecule is NN.O=C(O)c1ccc(-n2cc(C(=O)c3cc(Cl)cc(Cl)c3[O-])cn2)cc1.O=C(O)c1ccc(-n2cc(C(=O)c3cc(Cl)cc(Cl)c3[O-])cn2)cc1.[Cu+2]. The zero-order valence-electron chi connectivity index (χ0n) is 26.3. The van der Waals surface area contributed by atoms with Crippen LogP contribution in [0.15, 0.2) is 97.6 Å². The second-order valence-electron chi connectivity index (χ2n) is 10.2. The Bertz CT molecular complexity index is 2140. The molecule has 0 amide bonds. The van der Waals surface area contributed by atoms with Gasteiger partial charge in [-0.05, 0) is 72.8 Å². The number of hydrazine groups is 1. The molecule has 6 N–H and O–H groups in total. The molecule has 0 aliphatic heterocycles. The Morgan fingerprint density at radius 2 is 0.887 bits per heavy atom. The summed E-state index contributed by atoms with van der Waals surface area (Å²) in [4.78, 5) is 46.8. The number of aromatic carboxylic acids is 2. The van der Waals surface area contributed by atoms with Crippen LogP contribution in [0.25, 0.3) is 11.4 Å². The molecule has 1 radical (unpaired) electrons. The van der Waals surface area contributed by atoms with Crippen LogP contribution in [0.4, 0.5) is 0 Å². The van der Waals surface area contributed by atoms with Crippen molar-refractivity contribution < 1.29 is 56.7 Å². The van der Waals surface area contributed by atoms with Gasteiger partial charge < -0.3 is 20.4 Å². The van der Waals surface area contributed by atoms with E-state index < -0.39 is 35.0 Å². The molecule has 0 saturated heterocycles. The fourth-order valence-corrected chi connectivity index (χ4v) is 5.43. The molecule has 4 aromatic carbocycles. The molecule has 19 heteroatoms. The number of carbonyl (C=O) groups excluding carboxylic acids is 2. The number of nitrogens with two attached hydrogens (primary N) is 2. The molecule has 275 valence electrons. The number of aromatic nitrogens is 4. The number of ketones is 2. The van der Waals surface area contributed by atoms with Gasteiger partial charge in [0.1, 0.15) is 0 Å². The van der Waals surface area contributed by atoms with Gasteiger partial charge >= 0.3 is 29.0 Å². The van der Waals surface area contributed by atoms with Gasteiger partial charge in [0.15, 0.2) is 11.6 Å². The van der Waals surface area contributed by atoms with Gasteiger partial charge in [-0.25, -0.2) is 19.0 Å². The van der Waals surface area contributed by atoms with E-state index in [1.165, 1.54) is 82.7 Å². The largest absolute Gasteiger partial charge is 2.00 e. The van der Waals surface area contributed by atoms with Crippen LogP contribution in [0, 0.1) is 0 Å². The van der Waals surface area contributed by atoms with Crippen molar-refractivity contribution in [1.82, 2.24) is 19.6 Å². The topological polar surface area (TPSA) is 243 Å². The normalized spacial score (nSPS) is 10.2. The third kappa shape index (κ3) is 10.0. The van der Waals surface area contributed by atoms with E-state index in [0.29, 0.717) is 11.4 Å². The standard InChI is InChI=1S/2C17H10Cl2N2O4.Cu.H4N2/c2*18-11-5-13(16(23)14(19)6-11)15(22)10-7-20-21(8-10)12-3-1-9(2-4-12)17(24)25;;1-2/h2*1-8,23H,(H,24,25);;1-2H2/q;;+2;/p-2. The second-order valence-corrected chi connectivity index (χ2v) is 11.9. The fraction of sp³-hybridized carbons (Fsp3) is 0. The molecule has 0 bridgehead atoms. The van der Waals surface area contributed by atoms with E-state index in [1.807, 2.05) is 0 Å². The van der Waals surface area contributed by atoms with Gasteiger partial charge in [-0.3, -0.25) is 21.3 Å². The Morgan fingerprint density at radius 1 is 0.566 bits per heavy atom. The number of hydrogen-bond donors (Lipinski definition) is 4. The summed E-state index contributed by atoms with van der Waals surface area (Å²) in [5.41, 5.74) is 1.48. The molecule has 0 saturated carbocycles. The molecule has 2 heterocycles. The minimum atomic E-state index is -1.04. The molecule has 14 nitrogen and oxygen atoms in total. The van der Waals surface area contributed by atoms with Crippen LogP contribution < -0.4 is 21.9 Å². The maximum absolute atomic E-state index is 12.5. The Morgan fingerprint density at radius 3 is 1.19 bits per heavy atom. The Hall–Kier alpha value is -5.22. The molecule has 0 fully saturated rings. The average molecular weight is 848 g/mol. The summed E-state index contributed by atoms with van der Waals surface area (Å²) in [5.74, 6) is 3.61. The van der Waals surface area contributed by atoms with Crippen molar-refractivity contribution in [2.45, 2.75) is 0 Å². The van der Waals surface area contributed by atoms with Gasteiger partial charge in [-0.15, -0.1) is 0 Å². The Labute approximate surface area is 330 Å². The summed E-state index contributed by atoms with van der Waals surface area (Å²) >= 11 is 23.2. The van der Waals surface area contributed by atoms with Crippen molar-refractivity contribution >= 4 is 69.9 Å². The molecule has 2 aromatic heterocycles. The summed E-state index contributed by atoms with van der Waals surface area (Å²) in [7, 11) is 0. The molecule has 0 unspecified atom stereocenters. The number of carboxylic acids is 2. The predicted octanol–water partition coefficient (Wildman–Crippen LogP) is 5.18. The quantitative estimate of drug-likeness (QED) is 0.0671. The zero-order chi connectivity index (χ0) is 38.3.